The van der Waals surface area contributed by atoms with Crippen molar-refractivity contribution in [2.75, 3.05) is 5.33 Å². The van der Waals surface area contributed by atoms with Gasteiger partial charge < -0.3 is 5.11 Å². The van der Waals surface area contributed by atoms with Gasteiger partial charge in [-0.05, 0) is 17.0 Å². The van der Waals surface area contributed by atoms with E-state index in [9.17, 15) is 4.79 Å². The molecule has 1 aromatic heterocycles. The first-order valence-electron chi connectivity index (χ1n) is 3.29. The van der Waals surface area contributed by atoms with Gasteiger partial charge in [0.25, 0.3) is 0 Å². The van der Waals surface area contributed by atoms with Crippen LogP contribution in [0.3, 0.4) is 0 Å². The van der Waals surface area contributed by atoms with Crippen LogP contribution in [0.25, 0.3) is 6.08 Å². The van der Waals surface area contributed by atoms with E-state index in [0.29, 0.717) is 4.88 Å². The molecule has 12 heavy (non-hydrogen) atoms. The quantitative estimate of drug-likeness (QED) is 0.834. The predicted molar refractivity (Wildman–Crippen MR) is 54.1 cm³/mol. The van der Waals surface area contributed by atoms with Crippen LogP contribution >= 0.6 is 27.3 Å². The molecule has 0 aliphatic carbocycles. The van der Waals surface area contributed by atoms with E-state index in [2.05, 4.69) is 15.9 Å². The smallest absolute Gasteiger partial charge is 0.346 e. The van der Waals surface area contributed by atoms with E-state index in [4.69, 9.17) is 5.11 Å². The first-order valence-corrected chi connectivity index (χ1v) is 5.29. The Morgan fingerprint density at radius 2 is 2.50 bits per heavy atom. The van der Waals surface area contributed by atoms with Gasteiger partial charge in [0.1, 0.15) is 4.88 Å². The maximum Gasteiger partial charge on any atom is 0.346 e. The Labute approximate surface area is 82.7 Å². The lowest BCUT2D eigenvalue weighted by molar-refractivity contribution is 0.0702. The van der Waals surface area contributed by atoms with E-state index in [1.165, 1.54) is 11.3 Å². The summed E-state index contributed by atoms with van der Waals surface area (Å²) in [6.07, 6.45) is 3.67. The second kappa shape index (κ2) is 4.42. The van der Waals surface area contributed by atoms with E-state index >= 15 is 0 Å². The number of allylic oxidation sites excluding steroid dienone is 1. The molecular weight excluding hydrogens is 240 g/mol. The van der Waals surface area contributed by atoms with E-state index in [-0.39, 0.29) is 0 Å². The fourth-order valence-corrected chi connectivity index (χ4v) is 1.71. The molecule has 0 aliphatic rings. The number of carboxylic acid groups (broad SMARTS) is 1. The molecule has 4 heteroatoms. The molecule has 0 radical (unpaired) electrons. The maximum absolute atomic E-state index is 10.6. The fourth-order valence-electron chi connectivity index (χ4n) is 0.796. The van der Waals surface area contributed by atoms with Gasteiger partial charge in [-0.1, -0.05) is 28.1 Å². The normalized spacial score (nSPS) is 10.8. The highest BCUT2D eigenvalue weighted by Gasteiger charge is 2.07. The Morgan fingerprint density at radius 3 is 3.08 bits per heavy atom. The summed E-state index contributed by atoms with van der Waals surface area (Å²) < 4.78 is 0. The SMILES string of the molecule is O=C(O)c1sccc1C=CCBr. The van der Waals surface area contributed by atoms with Gasteiger partial charge in [-0.15, -0.1) is 11.3 Å². The molecule has 1 heterocycles. The number of aromatic carboxylic acids is 1. The Bertz CT molecular complexity index is 304. The molecule has 0 amide bonds. The number of halogens is 1. The number of carbonyl (C=O) groups is 1. The molecule has 0 aromatic carbocycles. The summed E-state index contributed by atoms with van der Waals surface area (Å²) >= 11 is 4.47. The summed E-state index contributed by atoms with van der Waals surface area (Å²) in [4.78, 5) is 11.0. The standard InChI is InChI=1S/C8H7BrO2S/c9-4-1-2-6-3-5-12-7(6)8(10)11/h1-3,5H,4H2,(H,10,11). The lowest BCUT2D eigenvalue weighted by atomic mass is 10.2. The Kier molecular flexibility index (Phi) is 3.49. The highest BCUT2D eigenvalue weighted by molar-refractivity contribution is 9.09. The first-order chi connectivity index (χ1) is 5.75. The van der Waals surface area contributed by atoms with E-state index < -0.39 is 5.97 Å². The van der Waals surface area contributed by atoms with Crippen LogP contribution in [-0.4, -0.2) is 16.4 Å². The van der Waals surface area contributed by atoms with Crippen molar-refractivity contribution in [3.8, 4) is 0 Å². The van der Waals surface area contributed by atoms with Crippen LogP contribution < -0.4 is 0 Å². The van der Waals surface area contributed by atoms with Crippen molar-refractivity contribution in [3.05, 3.63) is 28.0 Å². The van der Waals surface area contributed by atoms with Gasteiger partial charge in [0.2, 0.25) is 0 Å². The van der Waals surface area contributed by atoms with Crippen molar-refractivity contribution < 1.29 is 9.90 Å². The number of rotatable bonds is 3. The molecule has 1 aromatic rings. The zero-order valence-electron chi connectivity index (χ0n) is 6.16. The van der Waals surface area contributed by atoms with Gasteiger partial charge in [-0.3, -0.25) is 0 Å². The van der Waals surface area contributed by atoms with Crippen LogP contribution in [0.2, 0.25) is 0 Å². The largest absolute Gasteiger partial charge is 0.477 e. The summed E-state index contributed by atoms with van der Waals surface area (Å²) in [7, 11) is 0. The van der Waals surface area contributed by atoms with Crippen LogP contribution in [-0.2, 0) is 0 Å². The van der Waals surface area contributed by atoms with E-state index in [0.717, 1.165) is 10.9 Å². The second-order valence-electron chi connectivity index (χ2n) is 2.07. The third-order valence-electron chi connectivity index (χ3n) is 1.28. The molecule has 0 aliphatic heterocycles. The molecule has 1 N–H and O–H groups in total. The highest BCUT2D eigenvalue weighted by atomic mass is 79.9. The molecule has 0 saturated heterocycles. The highest BCUT2D eigenvalue weighted by Crippen LogP contribution is 2.18. The number of alkyl halides is 1. The molecule has 0 bridgehead atoms. The summed E-state index contributed by atoms with van der Waals surface area (Å²) in [6, 6.07) is 1.80. The maximum atomic E-state index is 10.6. The van der Waals surface area contributed by atoms with Gasteiger partial charge in [0.05, 0.1) is 0 Å². The monoisotopic (exact) mass is 246 g/mol. The van der Waals surface area contributed by atoms with Crippen molar-refractivity contribution >= 4 is 39.3 Å². The Morgan fingerprint density at radius 1 is 1.75 bits per heavy atom. The predicted octanol–water partition coefficient (Wildman–Crippen LogP) is 2.85. The second-order valence-corrected chi connectivity index (χ2v) is 3.63. The molecule has 0 saturated carbocycles. The summed E-state index contributed by atoms with van der Waals surface area (Å²) in [5.41, 5.74) is 0.770. The van der Waals surface area contributed by atoms with Crippen molar-refractivity contribution in [2.24, 2.45) is 0 Å². The first kappa shape index (κ1) is 9.48. The summed E-state index contributed by atoms with van der Waals surface area (Å²) in [5, 5.41) is 11.2. The Hall–Kier alpha value is -0.610. The molecule has 0 unspecified atom stereocenters. The molecule has 1 rings (SSSR count). The van der Waals surface area contributed by atoms with Crippen LogP contribution in [0.15, 0.2) is 17.5 Å². The van der Waals surface area contributed by atoms with Crippen LogP contribution in [0.5, 0.6) is 0 Å². The van der Waals surface area contributed by atoms with Gasteiger partial charge in [-0.2, -0.15) is 0 Å². The van der Waals surface area contributed by atoms with Crippen molar-refractivity contribution in [1.29, 1.82) is 0 Å². The number of thiophene rings is 1. The molecule has 0 atom stereocenters. The van der Waals surface area contributed by atoms with Crippen molar-refractivity contribution in [2.45, 2.75) is 0 Å². The minimum atomic E-state index is -0.862. The number of hydrogen-bond donors (Lipinski definition) is 1. The van der Waals surface area contributed by atoms with Crippen molar-refractivity contribution in [3.63, 3.8) is 0 Å². The van der Waals surface area contributed by atoms with E-state index in [1.807, 2.05) is 6.08 Å². The van der Waals surface area contributed by atoms with Gasteiger partial charge in [0.15, 0.2) is 0 Å². The third-order valence-corrected chi connectivity index (χ3v) is 2.57. The molecule has 0 spiro atoms. The zero-order valence-corrected chi connectivity index (χ0v) is 8.56. The van der Waals surface area contributed by atoms with Gasteiger partial charge >= 0.3 is 5.97 Å². The molecule has 2 nitrogen and oxygen atoms in total. The van der Waals surface area contributed by atoms with Crippen LogP contribution in [0.4, 0.5) is 0 Å². The van der Waals surface area contributed by atoms with E-state index in [1.54, 1.807) is 17.5 Å². The average Bonchev–Trinajstić information content (AvgIpc) is 2.48. The minimum absolute atomic E-state index is 0.396. The average molecular weight is 247 g/mol. The number of carboxylic acids is 1. The Balaban J connectivity index is 2.91. The van der Waals surface area contributed by atoms with Crippen LogP contribution in [0, 0.1) is 0 Å². The summed E-state index contributed by atoms with van der Waals surface area (Å²) in [6.45, 7) is 0. The molecular formula is C8H7BrO2S. The number of hydrogen-bond acceptors (Lipinski definition) is 2. The van der Waals surface area contributed by atoms with Crippen LogP contribution in [0.1, 0.15) is 15.2 Å². The fraction of sp³-hybridized carbons (Fsp3) is 0.125. The third kappa shape index (κ3) is 2.19. The van der Waals surface area contributed by atoms with Gasteiger partial charge in [0, 0.05) is 5.33 Å². The van der Waals surface area contributed by atoms with Gasteiger partial charge in [-0.25, -0.2) is 4.79 Å². The minimum Gasteiger partial charge on any atom is -0.477 e. The lowest BCUT2D eigenvalue weighted by Gasteiger charge is -1.89. The molecule has 0 fully saturated rings. The van der Waals surface area contributed by atoms with Crippen molar-refractivity contribution in [1.82, 2.24) is 0 Å². The zero-order chi connectivity index (χ0) is 8.97. The topological polar surface area (TPSA) is 37.3 Å². The lowest BCUT2D eigenvalue weighted by Crippen LogP contribution is -1.93. The summed E-state index contributed by atoms with van der Waals surface area (Å²) in [5.74, 6) is -0.862. The molecule has 64 valence electrons.